The van der Waals surface area contributed by atoms with Gasteiger partial charge in [-0.2, -0.15) is 11.8 Å². The van der Waals surface area contributed by atoms with E-state index in [1.807, 2.05) is 23.9 Å². The number of nitrogens with zero attached hydrogens (tertiary/aromatic N) is 2. The number of methoxy groups -OCH3 is 1. The Balaban J connectivity index is 0.00000300. The van der Waals surface area contributed by atoms with Gasteiger partial charge in [-0.15, -0.1) is 24.0 Å². The second-order valence-corrected chi connectivity index (χ2v) is 7.94. The third-order valence-electron chi connectivity index (χ3n) is 4.86. The van der Waals surface area contributed by atoms with Crippen LogP contribution in [0.5, 0.6) is 5.75 Å². The van der Waals surface area contributed by atoms with Gasteiger partial charge in [0.15, 0.2) is 5.96 Å². The van der Waals surface area contributed by atoms with Crippen molar-refractivity contribution in [3.63, 3.8) is 0 Å². The molecule has 1 fully saturated rings. The van der Waals surface area contributed by atoms with Crippen molar-refractivity contribution in [2.75, 3.05) is 50.2 Å². The molecule has 0 atom stereocenters. The highest BCUT2D eigenvalue weighted by Gasteiger charge is 2.10. The Morgan fingerprint density at radius 2 is 1.66 bits per heavy atom. The summed E-state index contributed by atoms with van der Waals surface area (Å²) in [6.45, 7) is 3.89. The molecule has 2 aromatic carbocycles. The fourth-order valence-corrected chi connectivity index (χ4v) is 4.07. The summed E-state index contributed by atoms with van der Waals surface area (Å²) in [6, 6.07) is 17.0. The lowest BCUT2D eigenvalue weighted by atomic mass is 10.1. The summed E-state index contributed by atoms with van der Waals surface area (Å²) in [5.41, 5.74) is 3.86. The van der Waals surface area contributed by atoms with Crippen LogP contribution in [0.4, 0.5) is 5.69 Å². The topological polar surface area (TPSA) is 48.9 Å². The number of hydrogen-bond donors (Lipinski definition) is 2. The van der Waals surface area contributed by atoms with Crippen LogP contribution in [0, 0.1) is 0 Å². The van der Waals surface area contributed by atoms with Gasteiger partial charge in [-0.1, -0.05) is 24.3 Å². The van der Waals surface area contributed by atoms with E-state index < -0.39 is 0 Å². The van der Waals surface area contributed by atoms with Crippen molar-refractivity contribution in [1.82, 2.24) is 10.6 Å². The number of aliphatic imine (C=N–C) groups is 1. The maximum atomic E-state index is 5.20. The molecule has 0 amide bonds. The van der Waals surface area contributed by atoms with Gasteiger partial charge in [-0.3, -0.25) is 4.99 Å². The lowest BCUT2D eigenvalue weighted by Gasteiger charge is -2.28. The van der Waals surface area contributed by atoms with Gasteiger partial charge < -0.3 is 20.3 Å². The zero-order valence-corrected chi connectivity index (χ0v) is 20.3. The Bertz CT molecular complexity index is 746. The summed E-state index contributed by atoms with van der Waals surface area (Å²) in [5.74, 6) is 4.16. The van der Waals surface area contributed by atoms with Gasteiger partial charge in [-0.25, -0.2) is 0 Å². The molecule has 0 bridgehead atoms. The maximum absolute atomic E-state index is 5.20. The van der Waals surface area contributed by atoms with Gasteiger partial charge in [0.25, 0.3) is 0 Å². The first-order valence-corrected chi connectivity index (χ1v) is 10.9. The van der Waals surface area contributed by atoms with Crippen molar-refractivity contribution in [2.24, 2.45) is 4.99 Å². The zero-order chi connectivity index (χ0) is 19.6. The van der Waals surface area contributed by atoms with Crippen LogP contribution in [0.2, 0.25) is 0 Å². The van der Waals surface area contributed by atoms with Crippen LogP contribution in [0.1, 0.15) is 11.1 Å². The van der Waals surface area contributed by atoms with Gasteiger partial charge >= 0.3 is 0 Å². The standard InChI is InChI=1S/C22H30N4OS.HI/c1-23-22(24-12-11-18-5-9-21(27-2)10-6-18)25-17-19-3-7-20(8-4-19)26-13-15-28-16-14-26;/h3-10H,11-17H2,1-2H3,(H2,23,24,25);1H. The number of nitrogens with one attached hydrogen (secondary N) is 2. The van der Waals surface area contributed by atoms with Crippen LogP contribution in [-0.4, -0.2) is 51.3 Å². The van der Waals surface area contributed by atoms with Crippen LogP contribution >= 0.6 is 35.7 Å². The average molecular weight is 526 g/mol. The molecule has 0 unspecified atom stereocenters. The minimum absolute atomic E-state index is 0. The second-order valence-electron chi connectivity index (χ2n) is 6.72. The summed E-state index contributed by atoms with van der Waals surface area (Å²) < 4.78 is 5.20. The Labute approximate surface area is 195 Å². The SMILES string of the molecule is CN=C(NCCc1ccc(OC)cc1)NCc1ccc(N2CCSCC2)cc1.I. The summed E-state index contributed by atoms with van der Waals surface area (Å²) >= 11 is 2.04. The van der Waals surface area contributed by atoms with Crippen LogP contribution in [0.3, 0.4) is 0 Å². The summed E-state index contributed by atoms with van der Waals surface area (Å²) in [5, 5.41) is 6.77. The Kier molecular flexibility index (Phi) is 10.5. The molecule has 1 saturated heterocycles. The number of benzene rings is 2. The minimum atomic E-state index is 0. The third-order valence-corrected chi connectivity index (χ3v) is 5.80. The molecule has 1 aliphatic rings. The number of halogens is 1. The quantitative estimate of drug-likeness (QED) is 0.327. The predicted octanol–water partition coefficient (Wildman–Crippen LogP) is 3.77. The van der Waals surface area contributed by atoms with E-state index in [0.717, 1.165) is 44.3 Å². The summed E-state index contributed by atoms with van der Waals surface area (Å²) in [4.78, 5) is 6.78. The number of rotatable bonds is 7. The molecule has 0 spiro atoms. The lowest BCUT2D eigenvalue weighted by Crippen LogP contribution is -2.37. The number of ether oxygens (including phenoxy) is 1. The molecule has 0 saturated carbocycles. The predicted molar refractivity (Wildman–Crippen MR) is 136 cm³/mol. The molecular formula is C22H31IN4OS. The molecule has 0 aliphatic carbocycles. The van der Waals surface area contributed by atoms with E-state index in [1.165, 1.54) is 28.3 Å². The van der Waals surface area contributed by atoms with Crippen LogP contribution in [-0.2, 0) is 13.0 Å². The molecule has 158 valence electrons. The highest BCUT2D eigenvalue weighted by atomic mass is 127. The van der Waals surface area contributed by atoms with Crippen LogP contribution < -0.4 is 20.3 Å². The molecular weight excluding hydrogens is 495 g/mol. The number of hydrogen-bond acceptors (Lipinski definition) is 4. The van der Waals surface area contributed by atoms with Crippen LogP contribution in [0.25, 0.3) is 0 Å². The first-order chi connectivity index (χ1) is 13.8. The third kappa shape index (κ3) is 7.62. The van der Waals surface area contributed by atoms with Gasteiger partial charge in [0, 0.05) is 50.4 Å². The monoisotopic (exact) mass is 526 g/mol. The van der Waals surface area contributed by atoms with E-state index in [9.17, 15) is 0 Å². The Morgan fingerprint density at radius 3 is 2.28 bits per heavy atom. The van der Waals surface area contributed by atoms with Gasteiger partial charge in [0.1, 0.15) is 5.75 Å². The molecule has 1 aliphatic heterocycles. The van der Waals surface area contributed by atoms with E-state index in [4.69, 9.17) is 4.74 Å². The molecule has 2 aromatic rings. The molecule has 0 radical (unpaired) electrons. The Hall–Kier alpha value is -1.61. The van der Waals surface area contributed by atoms with E-state index in [-0.39, 0.29) is 24.0 Å². The highest BCUT2D eigenvalue weighted by molar-refractivity contribution is 14.0. The molecule has 0 aromatic heterocycles. The zero-order valence-electron chi connectivity index (χ0n) is 17.2. The Morgan fingerprint density at radius 1 is 1.00 bits per heavy atom. The fraction of sp³-hybridized carbons (Fsp3) is 0.409. The highest BCUT2D eigenvalue weighted by Crippen LogP contribution is 2.19. The van der Waals surface area contributed by atoms with Crippen molar-refractivity contribution >= 4 is 47.4 Å². The van der Waals surface area contributed by atoms with Gasteiger partial charge in [0.2, 0.25) is 0 Å². The fourth-order valence-electron chi connectivity index (χ4n) is 3.17. The molecule has 5 nitrogen and oxygen atoms in total. The number of thioether (sulfide) groups is 1. The first kappa shape index (κ1) is 23.7. The minimum Gasteiger partial charge on any atom is -0.497 e. The molecule has 1 heterocycles. The van der Waals surface area contributed by atoms with Crippen molar-refractivity contribution in [1.29, 1.82) is 0 Å². The lowest BCUT2D eigenvalue weighted by molar-refractivity contribution is 0.414. The van der Waals surface area contributed by atoms with Crippen LogP contribution in [0.15, 0.2) is 53.5 Å². The summed E-state index contributed by atoms with van der Waals surface area (Å²) in [6.07, 6.45) is 0.938. The van der Waals surface area contributed by atoms with Crippen molar-refractivity contribution in [3.05, 3.63) is 59.7 Å². The molecule has 29 heavy (non-hydrogen) atoms. The van der Waals surface area contributed by atoms with Crippen molar-refractivity contribution in [2.45, 2.75) is 13.0 Å². The van der Waals surface area contributed by atoms with Crippen molar-refractivity contribution < 1.29 is 4.74 Å². The smallest absolute Gasteiger partial charge is 0.191 e. The number of anilines is 1. The van der Waals surface area contributed by atoms with E-state index >= 15 is 0 Å². The number of guanidine groups is 1. The molecule has 2 N–H and O–H groups in total. The van der Waals surface area contributed by atoms with E-state index in [1.54, 1.807) is 14.2 Å². The van der Waals surface area contributed by atoms with Crippen molar-refractivity contribution in [3.8, 4) is 5.75 Å². The van der Waals surface area contributed by atoms with Gasteiger partial charge in [-0.05, 0) is 41.8 Å². The average Bonchev–Trinajstić information content (AvgIpc) is 2.77. The summed E-state index contributed by atoms with van der Waals surface area (Å²) in [7, 11) is 3.49. The van der Waals surface area contributed by atoms with Gasteiger partial charge in [0.05, 0.1) is 7.11 Å². The molecule has 7 heteroatoms. The second kappa shape index (κ2) is 12.8. The van der Waals surface area contributed by atoms with E-state index in [0.29, 0.717) is 0 Å². The maximum Gasteiger partial charge on any atom is 0.191 e. The molecule has 3 rings (SSSR count). The normalized spacial score (nSPS) is 14.1. The first-order valence-electron chi connectivity index (χ1n) is 9.77. The van der Waals surface area contributed by atoms with E-state index in [2.05, 4.69) is 56.9 Å². The largest absolute Gasteiger partial charge is 0.497 e.